The molecule has 0 unspecified atom stereocenters. The molecule has 0 atom stereocenters. The summed E-state index contributed by atoms with van der Waals surface area (Å²) in [6.45, 7) is 0. The van der Waals surface area contributed by atoms with Crippen molar-refractivity contribution >= 4 is 18.0 Å². The summed E-state index contributed by atoms with van der Waals surface area (Å²) in [7, 11) is 0. The van der Waals surface area contributed by atoms with Gasteiger partial charge in [0.15, 0.2) is 0 Å². The van der Waals surface area contributed by atoms with Crippen molar-refractivity contribution in [2.75, 3.05) is 0 Å². The monoisotopic (exact) mass is 158 g/mol. The molecular weight excluding hydrogens is 152 g/mol. The Balaban J connectivity index is 2.48. The lowest BCUT2D eigenvalue weighted by Crippen LogP contribution is -2.27. The molecule has 1 rings (SSSR count). The maximum Gasteiger partial charge on any atom is 0.512 e. The smallest absolute Gasteiger partial charge is 0.449 e. The number of hydrogen-bond acceptors (Lipinski definition) is 4. The largest absolute Gasteiger partial charge is 0.512 e. The lowest BCUT2D eigenvalue weighted by molar-refractivity contribution is -0.121. The van der Waals surface area contributed by atoms with Crippen molar-refractivity contribution in [3.05, 3.63) is 0 Å². The van der Waals surface area contributed by atoms with E-state index in [4.69, 9.17) is 5.11 Å². The van der Waals surface area contributed by atoms with Crippen molar-refractivity contribution in [2.45, 2.75) is 12.8 Å². The molecule has 0 aromatic rings. The van der Waals surface area contributed by atoms with Crippen LogP contribution in [-0.2, 0) is 9.53 Å². The van der Waals surface area contributed by atoms with Gasteiger partial charge in [-0.15, -0.1) is 5.10 Å². The Morgan fingerprint density at radius 3 is 2.82 bits per heavy atom. The zero-order chi connectivity index (χ0) is 8.27. The van der Waals surface area contributed by atoms with Crippen molar-refractivity contribution in [1.29, 1.82) is 0 Å². The van der Waals surface area contributed by atoms with Gasteiger partial charge in [-0.2, -0.15) is 0 Å². The van der Waals surface area contributed by atoms with Crippen LogP contribution in [0.1, 0.15) is 12.8 Å². The SMILES string of the molecule is O=C1CCC(OC(=O)O)=NN1. The van der Waals surface area contributed by atoms with E-state index in [1.807, 2.05) is 0 Å². The number of rotatable bonds is 0. The standard InChI is InChI=1S/C5H6N2O4/c8-3-1-2-4(7-6-3)11-5(9)10/h1-2H2,(H,6,8)(H,9,10). The first-order valence-electron chi connectivity index (χ1n) is 2.94. The second-order valence-electron chi connectivity index (χ2n) is 1.91. The minimum Gasteiger partial charge on any atom is -0.449 e. The molecule has 0 aromatic carbocycles. The van der Waals surface area contributed by atoms with Crippen LogP contribution in [0.5, 0.6) is 0 Å². The fourth-order valence-electron chi connectivity index (χ4n) is 0.632. The molecular formula is C5H6N2O4. The number of ether oxygens (including phenoxy) is 1. The number of nitrogens with one attached hydrogen (secondary N) is 1. The van der Waals surface area contributed by atoms with Gasteiger partial charge in [-0.1, -0.05) is 0 Å². The molecule has 1 aliphatic heterocycles. The molecule has 11 heavy (non-hydrogen) atoms. The molecule has 0 spiro atoms. The second kappa shape index (κ2) is 3.00. The van der Waals surface area contributed by atoms with Crippen molar-refractivity contribution < 1.29 is 19.4 Å². The van der Waals surface area contributed by atoms with Crippen molar-refractivity contribution in [3.63, 3.8) is 0 Å². The molecule has 60 valence electrons. The Morgan fingerprint density at radius 1 is 1.64 bits per heavy atom. The highest BCUT2D eigenvalue weighted by atomic mass is 16.7. The van der Waals surface area contributed by atoms with Gasteiger partial charge >= 0.3 is 6.16 Å². The zero-order valence-electron chi connectivity index (χ0n) is 5.53. The molecule has 0 saturated carbocycles. The highest BCUT2D eigenvalue weighted by molar-refractivity contribution is 5.91. The number of amides is 1. The minimum absolute atomic E-state index is 0.0251. The van der Waals surface area contributed by atoms with Crippen molar-refractivity contribution in [3.8, 4) is 0 Å². The topological polar surface area (TPSA) is 88.0 Å². The van der Waals surface area contributed by atoms with Gasteiger partial charge in [-0.3, -0.25) is 4.79 Å². The molecule has 1 amide bonds. The van der Waals surface area contributed by atoms with E-state index in [0.29, 0.717) is 0 Å². The van der Waals surface area contributed by atoms with Crippen molar-refractivity contribution in [1.82, 2.24) is 5.43 Å². The Bertz CT molecular complexity index is 223. The highest BCUT2D eigenvalue weighted by Crippen LogP contribution is 2.00. The average molecular weight is 158 g/mol. The maximum atomic E-state index is 10.5. The Kier molecular flexibility index (Phi) is 2.05. The average Bonchev–Trinajstić information content (AvgIpc) is 1.93. The first-order valence-corrected chi connectivity index (χ1v) is 2.94. The number of nitrogens with zero attached hydrogens (tertiary/aromatic N) is 1. The third kappa shape index (κ3) is 2.24. The predicted octanol–water partition coefficient (Wildman–Crippen LogP) is -0.0955. The molecule has 0 aromatic heterocycles. The summed E-state index contributed by atoms with van der Waals surface area (Å²) >= 11 is 0. The van der Waals surface area contributed by atoms with E-state index in [1.54, 1.807) is 0 Å². The normalized spacial score (nSPS) is 16.7. The lowest BCUT2D eigenvalue weighted by Gasteiger charge is -2.08. The van der Waals surface area contributed by atoms with Crippen LogP contribution in [0.25, 0.3) is 0 Å². The first kappa shape index (κ1) is 7.52. The number of hydrazone groups is 1. The molecule has 1 aliphatic rings. The van der Waals surface area contributed by atoms with E-state index >= 15 is 0 Å². The van der Waals surface area contributed by atoms with Crippen molar-refractivity contribution in [2.24, 2.45) is 5.10 Å². The fraction of sp³-hybridized carbons (Fsp3) is 0.400. The summed E-state index contributed by atoms with van der Waals surface area (Å²) in [6, 6.07) is 0. The van der Waals surface area contributed by atoms with Crippen LogP contribution >= 0.6 is 0 Å². The second-order valence-corrected chi connectivity index (χ2v) is 1.91. The van der Waals surface area contributed by atoms with Crippen LogP contribution in [0.2, 0.25) is 0 Å². The van der Waals surface area contributed by atoms with E-state index in [2.05, 4.69) is 15.3 Å². The number of carboxylic acid groups (broad SMARTS) is 1. The summed E-state index contributed by atoms with van der Waals surface area (Å²) in [5.41, 5.74) is 2.10. The van der Waals surface area contributed by atoms with Crippen LogP contribution < -0.4 is 5.43 Å². The summed E-state index contributed by atoms with van der Waals surface area (Å²) in [5, 5.41) is 11.5. The molecule has 2 N–H and O–H groups in total. The van der Waals surface area contributed by atoms with Gasteiger partial charge in [0.2, 0.25) is 11.8 Å². The number of carbonyl (C=O) groups is 2. The Morgan fingerprint density at radius 2 is 2.36 bits per heavy atom. The fourth-order valence-corrected chi connectivity index (χ4v) is 0.632. The van der Waals surface area contributed by atoms with Crippen LogP contribution in [0, 0.1) is 0 Å². The highest BCUT2D eigenvalue weighted by Gasteiger charge is 2.14. The van der Waals surface area contributed by atoms with Crippen LogP contribution in [0.15, 0.2) is 5.10 Å². The number of hydrogen-bond donors (Lipinski definition) is 2. The Labute approximate surface area is 61.8 Å². The molecule has 0 saturated heterocycles. The van der Waals surface area contributed by atoms with E-state index < -0.39 is 6.16 Å². The summed E-state index contributed by atoms with van der Waals surface area (Å²) in [4.78, 5) is 20.4. The molecule has 1 heterocycles. The van der Waals surface area contributed by atoms with Gasteiger partial charge in [-0.25, -0.2) is 10.2 Å². The summed E-state index contributed by atoms with van der Waals surface area (Å²) in [5.74, 6) is -0.208. The molecule has 0 fully saturated rings. The summed E-state index contributed by atoms with van der Waals surface area (Å²) < 4.78 is 4.19. The predicted molar refractivity (Wildman–Crippen MR) is 33.9 cm³/mol. The van der Waals surface area contributed by atoms with Gasteiger partial charge in [-0.05, 0) is 0 Å². The molecule has 0 bridgehead atoms. The molecule has 6 heteroatoms. The maximum absolute atomic E-state index is 10.5. The van der Waals surface area contributed by atoms with Gasteiger partial charge in [0, 0.05) is 12.8 Å². The third-order valence-corrected chi connectivity index (χ3v) is 1.08. The molecule has 0 radical (unpaired) electrons. The van der Waals surface area contributed by atoms with Crippen LogP contribution in [0.4, 0.5) is 4.79 Å². The van der Waals surface area contributed by atoms with Gasteiger partial charge < -0.3 is 9.84 Å². The van der Waals surface area contributed by atoms with E-state index in [9.17, 15) is 9.59 Å². The van der Waals surface area contributed by atoms with E-state index in [1.165, 1.54) is 0 Å². The molecule has 0 aliphatic carbocycles. The number of carbonyl (C=O) groups excluding carboxylic acids is 1. The third-order valence-electron chi connectivity index (χ3n) is 1.08. The van der Waals surface area contributed by atoms with Gasteiger partial charge in [0.1, 0.15) is 0 Å². The van der Waals surface area contributed by atoms with Crippen LogP contribution in [-0.4, -0.2) is 23.1 Å². The first-order chi connectivity index (χ1) is 5.18. The molecule has 6 nitrogen and oxygen atoms in total. The minimum atomic E-state index is -1.42. The van der Waals surface area contributed by atoms with E-state index in [-0.39, 0.29) is 24.6 Å². The zero-order valence-corrected chi connectivity index (χ0v) is 5.53. The quantitative estimate of drug-likeness (QED) is 0.482. The summed E-state index contributed by atoms with van der Waals surface area (Å²) in [6.07, 6.45) is -0.968. The van der Waals surface area contributed by atoms with Crippen LogP contribution in [0.3, 0.4) is 0 Å². The lowest BCUT2D eigenvalue weighted by atomic mass is 10.3. The van der Waals surface area contributed by atoms with Gasteiger partial charge in [0.05, 0.1) is 0 Å². The van der Waals surface area contributed by atoms with Gasteiger partial charge in [0.25, 0.3) is 0 Å². The Hall–Kier alpha value is -1.59. The van der Waals surface area contributed by atoms with E-state index in [0.717, 1.165) is 0 Å².